The maximum atomic E-state index is 4.73. The van der Waals surface area contributed by atoms with Gasteiger partial charge in [-0.2, -0.15) is 5.10 Å². The minimum atomic E-state index is 0.366. The molecule has 0 fully saturated rings. The number of hydrogen-bond acceptors (Lipinski definition) is 3. The van der Waals surface area contributed by atoms with Gasteiger partial charge in [-0.1, -0.05) is 19.9 Å². The zero-order valence-electron chi connectivity index (χ0n) is 12.0. The van der Waals surface area contributed by atoms with Gasteiger partial charge in [0, 0.05) is 23.5 Å². The molecule has 0 aliphatic carbocycles. The quantitative estimate of drug-likeness (QED) is 0.834. The van der Waals surface area contributed by atoms with E-state index in [4.69, 9.17) is 5.10 Å². The Morgan fingerprint density at radius 2 is 2.11 bits per heavy atom. The molecule has 19 heavy (non-hydrogen) atoms. The first-order valence-electron chi connectivity index (χ1n) is 7.03. The van der Waals surface area contributed by atoms with Gasteiger partial charge in [-0.25, -0.2) is 0 Å². The van der Waals surface area contributed by atoms with Crippen LogP contribution in [0.4, 0.5) is 0 Å². The van der Waals surface area contributed by atoms with Gasteiger partial charge in [-0.15, -0.1) is 11.3 Å². The average Bonchev–Trinajstić information content (AvgIpc) is 3.09. The van der Waals surface area contributed by atoms with Crippen LogP contribution >= 0.6 is 11.3 Å². The van der Waals surface area contributed by atoms with Crippen LogP contribution in [0, 0.1) is 0 Å². The van der Waals surface area contributed by atoms with E-state index in [9.17, 15) is 0 Å². The minimum absolute atomic E-state index is 0.366. The number of thiophene rings is 1. The Balaban J connectivity index is 2.06. The van der Waals surface area contributed by atoms with Crippen LogP contribution in [0.15, 0.2) is 29.8 Å². The van der Waals surface area contributed by atoms with E-state index in [1.165, 1.54) is 10.6 Å². The molecule has 1 N–H and O–H groups in total. The van der Waals surface area contributed by atoms with Crippen LogP contribution in [-0.2, 0) is 6.42 Å². The van der Waals surface area contributed by atoms with E-state index in [1.54, 1.807) is 11.3 Å². The molecule has 0 aromatic carbocycles. The third kappa shape index (κ3) is 3.45. The molecule has 0 amide bonds. The highest BCUT2D eigenvalue weighted by atomic mass is 32.1. The first-order valence-corrected chi connectivity index (χ1v) is 7.91. The highest BCUT2D eigenvalue weighted by Gasteiger charge is 2.14. The van der Waals surface area contributed by atoms with Crippen molar-refractivity contribution < 1.29 is 0 Å². The Kier molecular flexibility index (Phi) is 5.16. The number of rotatable bonds is 7. The van der Waals surface area contributed by atoms with E-state index in [0.717, 1.165) is 19.3 Å². The highest BCUT2D eigenvalue weighted by molar-refractivity contribution is 7.10. The second-order valence-corrected chi connectivity index (χ2v) is 5.80. The monoisotopic (exact) mass is 277 g/mol. The van der Waals surface area contributed by atoms with Crippen molar-refractivity contribution in [1.82, 2.24) is 15.1 Å². The third-order valence-electron chi connectivity index (χ3n) is 3.63. The van der Waals surface area contributed by atoms with Gasteiger partial charge in [0.2, 0.25) is 0 Å². The van der Waals surface area contributed by atoms with Crippen LogP contribution in [0.25, 0.3) is 0 Å². The summed E-state index contributed by atoms with van der Waals surface area (Å²) < 4.78 is 2.12. The predicted octanol–water partition coefficient (Wildman–Crippen LogP) is 3.81. The zero-order chi connectivity index (χ0) is 13.7. The van der Waals surface area contributed by atoms with E-state index < -0.39 is 0 Å². The molecule has 2 aromatic heterocycles. The van der Waals surface area contributed by atoms with Crippen molar-refractivity contribution in [3.8, 4) is 0 Å². The molecule has 1 unspecified atom stereocenters. The van der Waals surface area contributed by atoms with Crippen molar-refractivity contribution in [1.29, 1.82) is 0 Å². The fourth-order valence-electron chi connectivity index (χ4n) is 2.40. The fraction of sp³-hybridized carbons (Fsp3) is 0.533. The lowest BCUT2D eigenvalue weighted by atomic mass is 10.1. The molecule has 2 heterocycles. The number of nitrogens with zero attached hydrogens (tertiary/aromatic N) is 2. The average molecular weight is 277 g/mol. The Hall–Kier alpha value is -1.13. The summed E-state index contributed by atoms with van der Waals surface area (Å²) in [6, 6.07) is 7.33. The summed E-state index contributed by atoms with van der Waals surface area (Å²) in [6.45, 7) is 4.44. The molecule has 4 heteroatoms. The molecule has 2 aromatic rings. The van der Waals surface area contributed by atoms with Gasteiger partial charge in [0.25, 0.3) is 0 Å². The first kappa shape index (κ1) is 14.3. The molecule has 0 spiro atoms. The second kappa shape index (κ2) is 6.87. The van der Waals surface area contributed by atoms with Crippen LogP contribution < -0.4 is 5.32 Å². The summed E-state index contributed by atoms with van der Waals surface area (Å²) in [5.41, 5.74) is 1.17. The maximum Gasteiger partial charge on any atom is 0.0644 e. The van der Waals surface area contributed by atoms with Gasteiger partial charge in [0.05, 0.1) is 11.7 Å². The van der Waals surface area contributed by atoms with Crippen LogP contribution in [0.2, 0.25) is 0 Å². The molecule has 3 nitrogen and oxygen atoms in total. The molecular formula is C15H23N3S. The predicted molar refractivity (Wildman–Crippen MR) is 81.7 cm³/mol. The molecule has 0 radical (unpaired) electrons. The number of hydrogen-bond donors (Lipinski definition) is 1. The van der Waals surface area contributed by atoms with Crippen molar-refractivity contribution in [3.63, 3.8) is 0 Å². The largest absolute Gasteiger partial charge is 0.312 e. The molecule has 0 aliphatic rings. The van der Waals surface area contributed by atoms with E-state index >= 15 is 0 Å². The fourth-order valence-corrected chi connectivity index (χ4v) is 3.23. The SMILES string of the molecule is CCC(CC)n1ccc(CC(NC)c2cccs2)n1. The van der Waals surface area contributed by atoms with Crippen LogP contribution in [0.1, 0.15) is 49.3 Å². The molecule has 1 atom stereocenters. The lowest BCUT2D eigenvalue weighted by Gasteiger charge is -2.14. The summed E-state index contributed by atoms with van der Waals surface area (Å²) in [5, 5.41) is 10.2. The summed E-state index contributed by atoms with van der Waals surface area (Å²) in [4.78, 5) is 1.37. The highest BCUT2D eigenvalue weighted by Crippen LogP contribution is 2.22. The van der Waals surface area contributed by atoms with Crippen molar-refractivity contribution in [2.45, 2.75) is 45.2 Å². The van der Waals surface area contributed by atoms with Crippen LogP contribution in [-0.4, -0.2) is 16.8 Å². The lowest BCUT2D eigenvalue weighted by Crippen LogP contribution is -2.18. The smallest absolute Gasteiger partial charge is 0.0644 e. The van der Waals surface area contributed by atoms with E-state index in [-0.39, 0.29) is 0 Å². The Labute approximate surface area is 119 Å². The van der Waals surface area contributed by atoms with Crippen molar-refractivity contribution in [2.75, 3.05) is 7.05 Å². The number of likely N-dealkylation sites (N-methyl/N-ethyl adjacent to an activating group) is 1. The van der Waals surface area contributed by atoms with Gasteiger partial charge in [-0.3, -0.25) is 4.68 Å². The molecule has 0 saturated heterocycles. The third-order valence-corrected chi connectivity index (χ3v) is 4.61. The van der Waals surface area contributed by atoms with E-state index in [1.807, 2.05) is 7.05 Å². The van der Waals surface area contributed by atoms with Crippen molar-refractivity contribution >= 4 is 11.3 Å². The standard InChI is InChI=1S/C15H23N3S/c1-4-13(5-2)18-9-8-12(17-18)11-14(16-3)15-7-6-10-19-15/h6-10,13-14,16H,4-5,11H2,1-3H3. The van der Waals surface area contributed by atoms with Gasteiger partial charge >= 0.3 is 0 Å². The topological polar surface area (TPSA) is 29.9 Å². The Morgan fingerprint density at radius 3 is 2.68 bits per heavy atom. The van der Waals surface area contributed by atoms with Crippen LogP contribution in [0.3, 0.4) is 0 Å². The van der Waals surface area contributed by atoms with Crippen LogP contribution in [0.5, 0.6) is 0 Å². The summed E-state index contributed by atoms with van der Waals surface area (Å²) in [6.07, 6.45) is 5.34. The first-order chi connectivity index (χ1) is 9.28. The molecule has 0 bridgehead atoms. The van der Waals surface area contributed by atoms with Gasteiger partial charge < -0.3 is 5.32 Å². The van der Waals surface area contributed by atoms with Gasteiger partial charge in [0.1, 0.15) is 0 Å². The molecule has 0 aliphatic heterocycles. The Morgan fingerprint density at radius 1 is 1.32 bits per heavy atom. The number of nitrogens with one attached hydrogen (secondary N) is 1. The summed E-state index contributed by atoms with van der Waals surface area (Å²) >= 11 is 1.80. The maximum absolute atomic E-state index is 4.73. The molecular weight excluding hydrogens is 254 g/mol. The summed E-state index contributed by atoms with van der Waals surface area (Å²) in [7, 11) is 2.02. The minimum Gasteiger partial charge on any atom is -0.312 e. The normalized spacial score (nSPS) is 13.1. The molecule has 0 saturated carbocycles. The number of aromatic nitrogens is 2. The zero-order valence-corrected chi connectivity index (χ0v) is 12.8. The van der Waals surface area contributed by atoms with Crippen molar-refractivity contribution in [3.05, 3.63) is 40.3 Å². The Bertz CT molecular complexity index is 471. The van der Waals surface area contributed by atoms with Gasteiger partial charge in [-0.05, 0) is 37.4 Å². The molecule has 104 valence electrons. The second-order valence-electron chi connectivity index (χ2n) is 4.82. The molecule has 2 rings (SSSR count). The van der Waals surface area contributed by atoms with E-state index in [0.29, 0.717) is 12.1 Å². The summed E-state index contributed by atoms with van der Waals surface area (Å²) in [5.74, 6) is 0. The lowest BCUT2D eigenvalue weighted by molar-refractivity contribution is 0.423. The van der Waals surface area contributed by atoms with E-state index in [2.05, 4.69) is 53.6 Å². The van der Waals surface area contributed by atoms with Crippen molar-refractivity contribution in [2.24, 2.45) is 0 Å². The van der Waals surface area contributed by atoms with Gasteiger partial charge in [0.15, 0.2) is 0 Å².